The molecule has 1 N–H and O–H groups in total. The van der Waals surface area contributed by atoms with E-state index in [0.717, 1.165) is 48.0 Å². The number of nitrogens with zero attached hydrogens (tertiary/aromatic N) is 2. The van der Waals surface area contributed by atoms with Gasteiger partial charge in [0.1, 0.15) is 4.83 Å². The molecule has 0 aliphatic heterocycles. The van der Waals surface area contributed by atoms with Crippen molar-refractivity contribution in [2.75, 3.05) is 11.1 Å². The number of carbonyl (C=O) groups is 1. The Morgan fingerprint density at radius 2 is 1.91 bits per heavy atom. The molecule has 7 heteroatoms. The molecule has 0 saturated carbocycles. The maximum atomic E-state index is 13.6. The van der Waals surface area contributed by atoms with Crippen molar-refractivity contribution >= 4 is 44.9 Å². The second-order valence-electron chi connectivity index (χ2n) is 9.69. The molecule has 0 saturated heterocycles. The zero-order valence-electron chi connectivity index (χ0n) is 20.6. The smallest absolute Gasteiger partial charge is 0.263 e. The molecule has 5 nitrogen and oxygen atoms in total. The second-order valence-corrected chi connectivity index (χ2v) is 11.7. The average Bonchev–Trinajstić information content (AvgIpc) is 3.20. The quantitative estimate of drug-likeness (QED) is 0.266. The van der Waals surface area contributed by atoms with Crippen LogP contribution in [0.25, 0.3) is 10.2 Å². The summed E-state index contributed by atoms with van der Waals surface area (Å²) in [4.78, 5) is 33.3. The Morgan fingerprint density at radius 3 is 2.62 bits per heavy atom. The van der Waals surface area contributed by atoms with Crippen LogP contribution >= 0.6 is 23.1 Å². The Labute approximate surface area is 210 Å². The van der Waals surface area contributed by atoms with Crippen LogP contribution in [0.1, 0.15) is 75.3 Å². The molecule has 3 aromatic rings. The number of carbonyl (C=O) groups excluding carboxylic acids is 1. The monoisotopic (exact) mass is 497 g/mol. The first-order chi connectivity index (χ1) is 16.4. The molecule has 4 rings (SSSR count). The van der Waals surface area contributed by atoms with E-state index in [1.165, 1.54) is 34.2 Å². The molecule has 1 aromatic carbocycles. The molecule has 1 amide bonds. The lowest BCUT2D eigenvalue weighted by Gasteiger charge is -2.14. The van der Waals surface area contributed by atoms with Crippen LogP contribution < -0.4 is 10.9 Å². The van der Waals surface area contributed by atoms with Gasteiger partial charge in [0.25, 0.3) is 5.56 Å². The predicted molar refractivity (Wildman–Crippen MR) is 144 cm³/mol. The van der Waals surface area contributed by atoms with Gasteiger partial charge >= 0.3 is 0 Å². The van der Waals surface area contributed by atoms with E-state index in [4.69, 9.17) is 4.98 Å². The van der Waals surface area contributed by atoms with Crippen LogP contribution in [0.3, 0.4) is 0 Å². The number of fused-ring (bicyclic) bond motifs is 3. The van der Waals surface area contributed by atoms with E-state index in [9.17, 15) is 9.59 Å². The number of amides is 1. The first-order valence-corrected chi connectivity index (χ1v) is 14.2. The van der Waals surface area contributed by atoms with Gasteiger partial charge in [-0.05, 0) is 73.6 Å². The van der Waals surface area contributed by atoms with Gasteiger partial charge in [-0.1, -0.05) is 51.6 Å². The molecule has 0 bridgehead atoms. The van der Waals surface area contributed by atoms with Crippen LogP contribution in [0.15, 0.2) is 34.2 Å². The van der Waals surface area contributed by atoms with Crippen molar-refractivity contribution in [2.45, 2.75) is 83.8 Å². The molecule has 34 heavy (non-hydrogen) atoms. The molecular weight excluding hydrogens is 462 g/mol. The Bertz CT molecular complexity index is 1210. The standard InChI is InChI=1S/C27H35N3O2S2/c1-5-18(4)19-10-12-20(13-11-19)28-23(31)16-33-27-29-25-24(21-8-6-7-9-22(21)34-25)26(32)30(27)15-14-17(2)3/h10-13,17-18H,5-9,14-16H2,1-4H3,(H,28,31). The summed E-state index contributed by atoms with van der Waals surface area (Å²) in [6, 6.07) is 8.08. The minimum atomic E-state index is -0.0866. The molecular formula is C27H35N3O2S2. The van der Waals surface area contributed by atoms with Crippen molar-refractivity contribution in [1.29, 1.82) is 0 Å². The number of anilines is 1. The van der Waals surface area contributed by atoms with E-state index in [-0.39, 0.29) is 17.2 Å². The number of rotatable bonds is 9. The lowest BCUT2D eigenvalue weighted by atomic mass is 9.97. The molecule has 1 unspecified atom stereocenters. The van der Waals surface area contributed by atoms with Gasteiger partial charge in [0.2, 0.25) is 5.91 Å². The molecule has 1 aliphatic rings. The first kappa shape index (κ1) is 25.0. The van der Waals surface area contributed by atoms with Crippen molar-refractivity contribution in [3.8, 4) is 0 Å². The van der Waals surface area contributed by atoms with Gasteiger partial charge < -0.3 is 5.32 Å². The maximum absolute atomic E-state index is 13.6. The topological polar surface area (TPSA) is 64.0 Å². The molecule has 182 valence electrons. The number of aromatic nitrogens is 2. The summed E-state index contributed by atoms with van der Waals surface area (Å²) < 4.78 is 1.81. The molecule has 0 fully saturated rings. The van der Waals surface area contributed by atoms with E-state index in [1.807, 2.05) is 16.7 Å². The first-order valence-electron chi connectivity index (χ1n) is 12.4. The minimum Gasteiger partial charge on any atom is -0.325 e. The normalized spacial score (nSPS) is 14.4. The number of nitrogens with one attached hydrogen (secondary N) is 1. The highest BCUT2D eigenvalue weighted by Crippen LogP contribution is 2.35. The Morgan fingerprint density at radius 1 is 1.18 bits per heavy atom. The zero-order chi connectivity index (χ0) is 24.2. The van der Waals surface area contributed by atoms with E-state index >= 15 is 0 Å². The van der Waals surface area contributed by atoms with Crippen LogP contribution in [0.4, 0.5) is 5.69 Å². The fourth-order valence-electron chi connectivity index (χ4n) is 4.37. The van der Waals surface area contributed by atoms with Gasteiger partial charge in [-0.3, -0.25) is 14.2 Å². The van der Waals surface area contributed by atoms with Crippen LogP contribution in [0.2, 0.25) is 0 Å². The minimum absolute atomic E-state index is 0.0635. The molecule has 2 heterocycles. The number of thiophene rings is 1. The fourth-order valence-corrected chi connectivity index (χ4v) is 6.50. The van der Waals surface area contributed by atoms with Gasteiger partial charge in [0, 0.05) is 17.1 Å². The van der Waals surface area contributed by atoms with Gasteiger partial charge in [0.15, 0.2) is 5.16 Å². The lowest BCUT2D eigenvalue weighted by molar-refractivity contribution is -0.113. The highest BCUT2D eigenvalue weighted by Gasteiger charge is 2.22. The highest BCUT2D eigenvalue weighted by molar-refractivity contribution is 7.99. The predicted octanol–water partition coefficient (Wildman–Crippen LogP) is 6.63. The van der Waals surface area contributed by atoms with Gasteiger partial charge in [0.05, 0.1) is 11.1 Å². The zero-order valence-corrected chi connectivity index (χ0v) is 22.3. The molecule has 2 aromatic heterocycles. The van der Waals surface area contributed by atoms with E-state index in [2.05, 4.69) is 45.1 Å². The lowest BCUT2D eigenvalue weighted by Crippen LogP contribution is -2.25. The van der Waals surface area contributed by atoms with Gasteiger partial charge in [-0.25, -0.2) is 4.98 Å². The SMILES string of the molecule is CCC(C)c1ccc(NC(=O)CSc2nc3sc4c(c3c(=O)n2CCC(C)C)CCCC4)cc1. The third-order valence-electron chi connectivity index (χ3n) is 6.68. The summed E-state index contributed by atoms with van der Waals surface area (Å²) in [6.45, 7) is 9.34. The van der Waals surface area contributed by atoms with Crippen LogP contribution in [-0.4, -0.2) is 21.2 Å². The Balaban J connectivity index is 1.53. The molecule has 0 radical (unpaired) electrons. The number of hydrogen-bond acceptors (Lipinski definition) is 5. The van der Waals surface area contributed by atoms with E-state index in [1.54, 1.807) is 11.3 Å². The molecule has 1 aliphatic carbocycles. The van der Waals surface area contributed by atoms with Crippen molar-refractivity contribution in [1.82, 2.24) is 9.55 Å². The van der Waals surface area contributed by atoms with E-state index < -0.39 is 0 Å². The third-order valence-corrected chi connectivity index (χ3v) is 8.84. The summed E-state index contributed by atoms with van der Waals surface area (Å²) in [7, 11) is 0. The Hall–Kier alpha value is -2.12. The summed E-state index contributed by atoms with van der Waals surface area (Å²) in [6.07, 6.45) is 6.33. The average molecular weight is 498 g/mol. The molecule has 0 spiro atoms. The number of aryl methyl sites for hydroxylation is 2. The van der Waals surface area contributed by atoms with Crippen molar-refractivity contribution in [2.24, 2.45) is 5.92 Å². The summed E-state index contributed by atoms with van der Waals surface area (Å²) in [5.74, 6) is 1.12. The maximum Gasteiger partial charge on any atom is 0.263 e. The summed E-state index contributed by atoms with van der Waals surface area (Å²) in [5, 5.41) is 4.46. The van der Waals surface area contributed by atoms with Crippen molar-refractivity contribution in [3.05, 3.63) is 50.6 Å². The summed E-state index contributed by atoms with van der Waals surface area (Å²) in [5.41, 5.74) is 3.36. The third kappa shape index (κ3) is 5.57. The van der Waals surface area contributed by atoms with Gasteiger partial charge in [-0.15, -0.1) is 11.3 Å². The largest absolute Gasteiger partial charge is 0.325 e. The number of thioether (sulfide) groups is 1. The Kier molecular flexibility index (Phi) is 8.14. The van der Waals surface area contributed by atoms with E-state index in [0.29, 0.717) is 23.5 Å². The number of benzene rings is 1. The highest BCUT2D eigenvalue weighted by atomic mass is 32.2. The summed E-state index contributed by atoms with van der Waals surface area (Å²) >= 11 is 3.02. The fraction of sp³-hybridized carbons (Fsp3) is 0.519. The van der Waals surface area contributed by atoms with Crippen molar-refractivity contribution < 1.29 is 4.79 Å². The van der Waals surface area contributed by atoms with Crippen molar-refractivity contribution in [3.63, 3.8) is 0 Å². The van der Waals surface area contributed by atoms with Crippen LogP contribution in [-0.2, 0) is 24.2 Å². The number of hydrogen-bond donors (Lipinski definition) is 1. The molecule has 1 atom stereocenters. The van der Waals surface area contributed by atoms with Gasteiger partial charge in [-0.2, -0.15) is 0 Å². The van der Waals surface area contributed by atoms with Crippen LogP contribution in [0, 0.1) is 5.92 Å². The van der Waals surface area contributed by atoms with Crippen LogP contribution in [0.5, 0.6) is 0 Å². The second kappa shape index (κ2) is 11.1.